The number of fused-ring (bicyclic) bond motifs is 1. The van der Waals surface area contributed by atoms with Gasteiger partial charge in [0.15, 0.2) is 0 Å². The number of imide groups is 1. The minimum Gasteiger partial charge on any atom is -0.326 e. The van der Waals surface area contributed by atoms with Gasteiger partial charge in [0, 0.05) is 24.2 Å². The van der Waals surface area contributed by atoms with Gasteiger partial charge in [-0.1, -0.05) is 60.1 Å². The Kier molecular flexibility index (Phi) is 7.22. The maximum Gasteiger partial charge on any atom is 0.252 e. The standard InChI is InChI=1S/C29H24ClN3O5S/c1-19(34)31-23-11-13-24(14-12-23)33-28(35)17-27(29(33)36)32(18-22-8-4-5-9-26(22)30)39(37,38)25-15-10-20-6-2-3-7-21(20)16-25/h2-16,27H,17-18H2,1H3,(H,31,34). The fourth-order valence-electron chi connectivity index (χ4n) is 4.63. The number of anilines is 2. The van der Waals surface area contributed by atoms with Crippen LogP contribution in [0.15, 0.2) is 95.9 Å². The number of hydrogen-bond acceptors (Lipinski definition) is 5. The molecule has 8 nitrogen and oxygen atoms in total. The highest BCUT2D eigenvalue weighted by Gasteiger charge is 2.47. The van der Waals surface area contributed by atoms with Crippen molar-refractivity contribution in [2.75, 3.05) is 10.2 Å². The van der Waals surface area contributed by atoms with Gasteiger partial charge < -0.3 is 5.32 Å². The Balaban J connectivity index is 1.54. The lowest BCUT2D eigenvalue weighted by Gasteiger charge is -2.27. The van der Waals surface area contributed by atoms with Crippen LogP contribution >= 0.6 is 11.6 Å². The van der Waals surface area contributed by atoms with E-state index in [0.29, 0.717) is 16.3 Å². The van der Waals surface area contributed by atoms with Crippen molar-refractivity contribution in [1.29, 1.82) is 0 Å². The molecule has 1 fully saturated rings. The zero-order valence-electron chi connectivity index (χ0n) is 20.9. The van der Waals surface area contributed by atoms with Crippen LogP contribution in [0.5, 0.6) is 0 Å². The van der Waals surface area contributed by atoms with Crippen LogP contribution in [-0.4, -0.2) is 36.5 Å². The number of rotatable bonds is 7. The molecule has 0 aromatic heterocycles. The predicted octanol–water partition coefficient (Wildman–Crippen LogP) is 4.97. The number of hydrogen-bond donors (Lipinski definition) is 1. The van der Waals surface area contributed by atoms with Crippen molar-refractivity contribution >= 4 is 61.5 Å². The van der Waals surface area contributed by atoms with Gasteiger partial charge in [0.25, 0.3) is 5.91 Å². The third kappa shape index (κ3) is 5.29. The maximum atomic E-state index is 14.1. The van der Waals surface area contributed by atoms with Gasteiger partial charge in [-0.3, -0.25) is 14.4 Å². The van der Waals surface area contributed by atoms with Gasteiger partial charge in [-0.2, -0.15) is 4.31 Å². The molecule has 4 aromatic rings. The van der Waals surface area contributed by atoms with Crippen LogP contribution in [0.3, 0.4) is 0 Å². The second kappa shape index (κ2) is 10.6. The number of halogens is 1. The van der Waals surface area contributed by atoms with E-state index in [4.69, 9.17) is 11.6 Å². The molecule has 1 N–H and O–H groups in total. The Labute approximate surface area is 230 Å². The normalized spacial score (nSPS) is 15.8. The first-order chi connectivity index (χ1) is 18.6. The van der Waals surface area contributed by atoms with E-state index in [1.807, 2.05) is 24.3 Å². The average Bonchev–Trinajstić information content (AvgIpc) is 3.21. The van der Waals surface area contributed by atoms with E-state index in [0.717, 1.165) is 20.0 Å². The fraction of sp³-hybridized carbons (Fsp3) is 0.138. The molecule has 198 valence electrons. The molecule has 1 aliphatic heterocycles. The van der Waals surface area contributed by atoms with Crippen LogP contribution < -0.4 is 10.2 Å². The summed E-state index contributed by atoms with van der Waals surface area (Å²) in [6.45, 7) is 1.17. The molecule has 3 amide bonds. The number of nitrogens with zero attached hydrogens (tertiary/aromatic N) is 2. The molecule has 1 saturated heterocycles. The molecule has 0 saturated carbocycles. The summed E-state index contributed by atoms with van der Waals surface area (Å²) in [4.78, 5) is 39.1. The van der Waals surface area contributed by atoms with Gasteiger partial charge >= 0.3 is 0 Å². The second-order valence-corrected chi connectivity index (χ2v) is 11.5. The van der Waals surface area contributed by atoms with Crippen LogP contribution in [0.1, 0.15) is 18.9 Å². The molecule has 10 heteroatoms. The highest BCUT2D eigenvalue weighted by molar-refractivity contribution is 7.89. The second-order valence-electron chi connectivity index (χ2n) is 9.17. The Morgan fingerprint density at radius 3 is 2.31 bits per heavy atom. The van der Waals surface area contributed by atoms with E-state index in [2.05, 4.69) is 5.32 Å². The Morgan fingerprint density at radius 1 is 0.949 bits per heavy atom. The lowest BCUT2D eigenvalue weighted by molar-refractivity contribution is -0.122. The average molecular weight is 562 g/mol. The number of nitrogens with one attached hydrogen (secondary N) is 1. The quantitative estimate of drug-likeness (QED) is 0.321. The Hall–Kier alpha value is -4.05. The number of carbonyl (C=O) groups is 3. The number of benzene rings is 4. The molecule has 4 aromatic carbocycles. The van der Waals surface area contributed by atoms with Gasteiger partial charge in [0.1, 0.15) is 6.04 Å². The van der Waals surface area contributed by atoms with Gasteiger partial charge in [-0.05, 0) is 58.8 Å². The molecule has 0 spiro atoms. The van der Waals surface area contributed by atoms with Crippen molar-refractivity contribution in [1.82, 2.24) is 4.31 Å². The molecule has 1 heterocycles. The third-order valence-electron chi connectivity index (χ3n) is 6.53. The summed E-state index contributed by atoms with van der Waals surface area (Å²) in [7, 11) is -4.25. The van der Waals surface area contributed by atoms with E-state index in [1.54, 1.807) is 48.5 Å². The van der Waals surface area contributed by atoms with E-state index < -0.39 is 27.9 Å². The summed E-state index contributed by atoms with van der Waals surface area (Å²) < 4.78 is 29.2. The predicted molar refractivity (Wildman–Crippen MR) is 150 cm³/mol. The van der Waals surface area contributed by atoms with Gasteiger partial charge in [-0.25, -0.2) is 13.3 Å². The SMILES string of the molecule is CC(=O)Nc1ccc(N2C(=O)CC(N(Cc3ccccc3Cl)S(=O)(=O)c3ccc4ccccc4c3)C2=O)cc1. The molecule has 0 radical (unpaired) electrons. The number of sulfonamides is 1. The molecular formula is C29H24ClN3O5S. The van der Waals surface area contributed by atoms with Crippen molar-refractivity contribution in [3.63, 3.8) is 0 Å². The van der Waals surface area contributed by atoms with Crippen molar-refractivity contribution in [2.45, 2.75) is 30.8 Å². The highest BCUT2D eigenvalue weighted by Crippen LogP contribution is 2.33. The number of amides is 3. The van der Waals surface area contributed by atoms with E-state index >= 15 is 0 Å². The van der Waals surface area contributed by atoms with E-state index in [-0.39, 0.29) is 29.5 Å². The van der Waals surface area contributed by atoms with Crippen molar-refractivity contribution in [2.24, 2.45) is 0 Å². The molecule has 0 aliphatic carbocycles. The Bertz CT molecular complexity index is 1710. The monoisotopic (exact) mass is 561 g/mol. The topological polar surface area (TPSA) is 104 Å². The minimum atomic E-state index is -4.25. The van der Waals surface area contributed by atoms with E-state index in [9.17, 15) is 22.8 Å². The summed E-state index contributed by atoms with van der Waals surface area (Å²) in [5, 5.41) is 4.57. The van der Waals surface area contributed by atoms with Crippen LogP contribution in [0.4, 0.5) is 11.4 Å². The van der Waals surface area contributed by atoms with Crippen molar-refractivity contribution in [3.05, 3.63) is 102 Å². The van der Waals surface area contributed by atoms with Crippen LogP contribution in [0, 0.1) is 0 Å². The first-order valence-corrected chi connectivity index (χ1v) is 14.0. The maximum absolute atomic E-state index is 14.1. The smallest absolute Gasteiger partial charge is 0.252 e. The molecule has 0 bridgehead atoms. The number of carbonyl (C=O) groups excluding carboxylic acids is 3. The summed E-state index contributed by atoms with van der Waals surface area (Å²) in [6, 6.07) is 23.8. The van der Waals surface area contributed by atoms with Gasteiger partial charge in [0.2, 0.25) is 21.8 Å². The molecular weight excluding hydrogens is 538 g/mol. The summed E-state index contributed by atoms with van der Waals surface area (Å²) in [5.74, 6) is -1.45. The van der Waals surface area contributed by atoms with Crippen molar-refractivity contribution < 1.29 is 22.8 Å². The van der Waals surface area contributed by atoms with Gasteiger partial charge in [-0.15, -0.1) is 0 Å². The third-order valence-corrected chi connectivity index (χ3v) is 8.75. The summed E-state index contributed by atoms with van der Waals surface area (Å²) in [5.41, 5.74) is 1.28. The summed E-state index contributed by atoms with van der Waals surface area (Å²) in [6.07, 6.45) is -0.330. The van der Waals surface area contributed by atoms with Gasteiger partial charge in [0.05, 0.1) is 17.0 Å². The molecule has 5 rings (SSSR count). The Morgan fingerprint density at radius 2 is 1.62 bits per heavy atom. The molecule has 1 unspecified atom stereocenters. The lowest BCUT2D eigenvalue weighted by atomic mass is 10.1. The fourth-order valence-corrected chi connectivity index (χ4v) is 6.42. The minimum absolute atomic E-state index is 0.00612. The van der Waals surface area contributed by atoms with Crippen molar-refractivity contribution in [3.8, 4) is 0 Å². The summed E-state index contributed by atoms with van der Waals surface area (Å²) >= 11 is 6.38. The van der Waals surface area contributed by atoms with Crippen LogP contribution in [-0.2, 0) is 31.0 Å². The molecule has 1 aliphatic rings. The highest BCUT2D eigenvalue weighted by atomic mass is 35.5. The zero-order valence-corrected chi connectivity index (χ0v) is 22.4. The van der Waals surface area contributed by atoms with Crippen LogP contribution in [0.2, 0.25) is 5.02 Å². The first-order valence-electron chi connectivity index (χ1n) is 12.1. The van der Waals surface area contributed by atoms with E-state index in [1.165, 1.54) is 25.1 Å². The molecule has 1 atom stereocenters. The largest absolute Gasteiger partial charge is 0.326 e. The zero-order chi connectivity index (χ0) is 27.7. The first kappa shape index (κ1) is 26.6. The molecule has 39 heavy (non-hydrogen) atoms. The lowest BCUT2D eigenvalue weighted by Crippen LogP contribution is -2.45. The van der Waals surface area contributed by atoms with Crippen LogP contribution in [0.25, 0.3) is 10.8 Å².